The molecule has 0 radical (unpaired) electrons. The molecule has 0 saturated heterocycles. The summed E-state index contributed by atoms with van der Waals surface area (Å²) in [6.07, 6.45) is -6.04. The number of aromatic nitrogens is 8. The van der Waals surface area contributed by atoms with Gasteiger partial charge in [-0.2, -0.15) is 29.0 Å². The van der Waals surface area contributed by atoms with Crippen molar-refractivity contribution < 1.29 is 36.7 Å². The molecule has 334 valence electrons. The van der Waals surface area contributed by atoms with Gasteiger partial charge in [0.25, 0.3) is 11.8 Å². The maximum atomic E-state index is 17.1. The van der Waals surface area contributed by atoms with Crippen LogP contribution >= 0.6 is 0 Å². The standard InChI is InChI=1S/C44H46F4N12O4/c1-7-58-34(18-24(3)53-58)40(63)51-42-56(6)33-22-29(39(50)62)20-27(15-14-26-12-10-9-11-13-26)36(33)57(42)23-30(45)37(46)44(47,48)60-31-17-16-28(38(49)61)21-32(31)55(5)43(60)52-41(64)35-19-25(4)54-59(35)8-2/h9-13,16-22,30,37H,7-8,14-15,23H2,1-6H3,(H2,49,61)(H2,50,62). The molecule has 4 aromatic heterocycles. The van der Waals surface area contributed by atoms with Crippen LogP contribution in [0.1, 0.15) is 78.1 Å². The van der Waals surface area contributed by atoms with E-state index in [4.69, 9.17) is 11.5 Å². The molecular formula is C44H46F4N12O4. The fourth-order valence-corrected chi connectivity index (χ4v) is 7.94. The minimum atomic E-state index is -4.77. The molecule has 0 bridgehead atoms. The Labute approximate surface area is 362 Å². The van der Waals surface area contributed by atoms with Gasteiger partial charge in [0.05, 0.1) is 40.0 Å². The van der Waals surface area contributed by atoms with Crippen molar-refractivity contribution in [3.63, 3.8) is 0 Å². The van der Waals surface area contributed by atoms with Crippen LogP contribution in [0.25, 0.3) is 22.1 Å². The predicted molar refractivity (Wildman–Crippen MR) is 228 cm³/mol. The van der Waals surface area contributed by atoms with Crippen molar-refractivity contribution in [1.29, 1.82) is 0 Å². The van der Waals surface area contributed by atoms with E-state index in [0.29, 0.717) is 29.9 Å². The van der Waals surface area contributed by atoms with Gasteiger partial charge in [0, 0.05) is 38.3 Å². The van der Waals surface area contributed by atoms with E-state index in [1.165, 1.54) is 58.4 Å². The molecule has 20 heteroatoms. The predicted octanol–water partition coefficient (Wildman–Crippen LogP) is 4.71. The van der Waals surface area contributed by atoms with E-state index < -0.39 is 59.7 Å². The fourth-order valence-electron chi connectivity index (χ4n) is 7.94. The number of rotatable bonds is 14. The minimum absolute atomic E-state index is 0.0454. The van der Waals surface area contributed by atoms with Crippen molar-refractivity contribution in [3.05, 3.63) is 129 Å². The summed E-state index contributed by atoms with van der Waals surface area (Å²) in [6, 6.07) is 13.7. The van der Waals surface area contributed by atoms with Gasteiger partial charge in [-0.25, -0.2) is 13.3 Å². The Morgan fingerprint density at radius 2 is 1.25 bits per heavy atom. The third-order valence-electron chi connectivity index (χ3n) is 11.1. The van der Waals surface area contributed by atoms with Crippen LogP contribution in [0, 0.1) is 13.8 Å². The van der Waals surface area contributed by atoms with Crippen LogP contribution < -0.4 is 22.7 Å². The molecule has 64 heavy (non-hydrogen) atoms. The zero-order chi connectivity index (χ0) is 46.4. The molecule has 4 amide bonds. The van der Waals surface area contributed by atoms with Crippen molar-refractivity contribution in [1.82, 2.24) is 37.8 Å². The number of halogens is 4. The lowest BCUT2D eigenvalue weighted by Gasteiger charge is -2.25. The molecule has 7 rings (SSSR count). The first-order chi connectivity index (χ1) is 30.4. The molecule has 2 atom stereocenters. The monoisotopic (exact) mass is 882 g/mol. The van der Waals surface area contributed by atoms with E-state index in [1.807, 2.05) is 30.3 Å². The Bertz CT molecular complexity index is 3130. The van der Waals surface area contributed by atoms with E-state index in [0.717, 1.165) is 26.8 Å². The number of carbonyl (C=O) groups is 4. The van der Waals surface area contributed by atoms with Gasteiger partial charge < -0.3 is 25.2 Å². The van der Waals surface area contributed by atoms with Gasteiger partial charge in [0.15, 0.2) is 6.17 Å². The largest absolute Gasteiger partial charge is 0.366 e. The number of hydrogen-bond donors (Lipinski definition) is 2. The summed E-state index contributed by atoms with van der Waals surface area (Å²) in [5, 5.41) is 8.54. The van der Waals surface area contributed by atoms with Crippen molar-refractivity contribution in [2.45, 2.75) is 78.6 Å². The van der Waals surface area contributed by atoms with Crippen LogP contribution in [-0.4, -0.2) is 73.8 Å². The minimum Gasteiger partial charge on any atom is -0.366 e. The van der Waals surface area contributed by atoms with Gasteiger partial charge in [-0.3, -0.25) is 28.5 Å². The van der Waals surface area contributed by atoms with E-state index in [-0.39, 0.29) is 62.2 Å². The molecule has 0 aliphatic rings. The lowest BCUT2D eigenvalue weighted by molar-refractivity contribution is -0.165. The number of fused-ring (bicyclic) bond motifs is 2. The average Bonchev–Trinajstić information content (AvgIpc) is 4.00. The van der Waals surface area contributed by atoms with Gasteiger partial charge in [-0.05, 0) is 94.1 Å². The second-order valence-electron chi connectivity index (χ2n) is 15.4. The highest BCUT2D eigenvalue weighted by Gasteiger charge is 2.50. The summed E-state index contributed by atoms with van der Waals surface area (Å²) in [4.78, 5) is 60.7. The zero-order valence-corrected chi connectivity index (χ0v) is 35.9. The highest BCUT2D eigenvalue weighted by Crippen LogP contribution is 2.35. The molecule has 4 N–H and O–H groups in total. The summed E-state index contributed by atoms with van der Waals surface area (Å²) in [6.45, 7) is 6.20. The normalized spacial score (nSPS) is 13.6. The molecule has 2 unspecified atom stereocenters. The topological polar surface area (TPSA) is 200 Å². The number of benzene rings is 3. The molecule has 3 aromatic carbocycles. The Hall–Kier alpha value is -7.38. The lowest BCUT2D eigenvalue weighted by atomic mass is 10.0. The van der Waals surface area contributed by atoms with Gasteiger partial charge in [0.1, 0.15) is 11.4 Å². The van der Waals surface area contributed by atoms with Gasteiger partial charge in [-0.1, -0.05) is 30.3 Å². The number of primary amides is 2. The van der Waals surface area contributed by atoms with Crippen molar-refractivity contribution in [3.8, 4) is 0 Å². The molecular weight excluding hydrogens is 837 g/mol. The van der Waals surface area contributed by atoms with Crippen LogP contribution in [0.15, 0.2) is 82.8 Å². The lowest BCUT2D eigenvalue weighted by Crippen LogP contribution is -2.47. The third-order valence-corrected chi connectivity index (χ3v) is 11.1. The second-order valence-corrected chi connectivity index (χ2v) is 15.4. The number of hydrogen-bond acceptors (Lipinski definition) is 6. The molecule has 0 aliphatic heterocycles. The second kappa shape index (κ2) is 17.4. The quantitative estimate of drug-likeness (QED) is 0.148. The molecule has 16 nitrogen and oxygen atoms in total. The Morgan fingerprint density at radius 3 is 1.81 bits per heavy atom. The summed E-state index contributed by atoms with van der Waals surface area (Å²) in [7, 11) is 2.76. The number of nitrogens with two attached hydrogens (primary N) is 2. The first-order valence-electron chi connectivity index (χ1n) is 20.4. The van der Waals surface area contributed by atoms with E-state index in [1.54, 1.807) is 27.7 Å². The van der Waals surface area contributed by atoms with Crippen molar-refractivity contribution in [2.24, 2.45) is 35.5 Å². The van der Waals surface area contributed by atoms with Gasteiger partial charge in [0.2, 0.25) is 29.2 Å². The van der Waals surface area contributed by atoms with Crippen LogP contribution in [0.3, 0.4) is 0 Å². The number of alkyl halides is 4. The SMILES string of the molecule is CCn1nc(C)cc1C(=O)N=c1n(C)c2cc(C(N)=O)cc(CCc3ccccc3)c2n1CC(F)C(F)C(F)(F)n1c(=NC(=O)c2cc(C)nn2CC)n(C)c2cc(C(N)=O)ccc21. The van der Waals surface area contributed by atoms with Crippen LogP contribution in [0.2, 0.25) is 0 Å². The van der Waals surface area contributed by atoms with Gasteiger partial charge >= 0.3 is 6.05 Å². The van der Waals surface area contributed by atoms with Crippen molar-refractivity contribution in [2.75, 3.05) is 0 Å². The highest BCUT2D eigenvalue weighted by atomic mass is 19.3. The summed E-state index contributed by atoms with van der Waals surface area (Å²) in [5.41, 5.74) is 12.5. The van der Waals surface area contributed by atoms with E-state index in [2.05, 4.69) is 20.2 Å². The molecule has 4 heterocycles. The number of imidazole rings is 2. The zero-order valence-electron chi connectivity index (χ0n) is 35.9. The summed E-state index contributed by atoms with van der Waals surface area (Å²) >= 11 is 0. The first-order valence-corrected chi connectivity index (χ1v) is 20.4. The van der Waals surface area contributed by atoms with Crippen LogP contribution in [-0.2, 0) is 52.6 Å². The molecule has 7 aromatic rings. The first kappa shape index (κ1) is 44.7. The maximum absolute atomic E-state index is 17.1. The molecule has 0 aliphatic carbocycles. The average molecular weight is 883 g/mol. The number of carbonyl (C=O) groups excluding carboxylic acids is 4. The number of amides is 4. The fraction of sp³-hybridized carbons (Fsp3) is 0.318. The molecule has 0 spiro atoms. The summed E-state index contributed by atoms with van der Waals surface area (Å²) in [5.74, 6) is -3.49. The number of aryl methyl sites for hydroxylation is 8. The Morgan fingerprint density at radius 1 is 0.703 bits per heavy atom. The molecule has 0 saturated carbocycles. The van der Waals surface area contributed by atoms with E-state index >= 15 is 17.6 Å². The molecule has 0 fully saturated rings. The van der Waals surface area contributed by atoms with Gasteiger partial charge in [-0.15, -0.1) is 0 Å². The van der Waals surface area contributed by atoms with Crippen LogP contribution in [0.5, 0.6) is 0 Å². The smallest absolute Gasteiger partial charge is 0.366 e. The third kappa shape index (κ3) is 8.17. The Balaban J connectivity index is 1.41. The highest BCUT2D eigenvalue weighted by molar-refractivity contribution is 5.98. The maximum Gasteiger partial charge on any atom is 0.366 e. The van der Waals surface area contributed by atoms with Crippen molar-refractivity contribution >= 4 is 45.7 Å². The van der Waals surface area contributed by atoms with E-state index in [9.17, 15) is 19.2 Å². The van der Waals surface area contributed by atoms with Crippen LogP contribution in [0.4, 0.5) is 17.6 Å². The summed E-state index contributed by atoms with van der Waals surface area (Å²) < 4.78 is 74.6. The number of nitrogens with zero attached hydrogens (tertiary/aromatic N) is 10. The Kier molecular flexibility index (Phi) is 12.2.